The summed E-state index contributed by atoms with van der Waals surface area (Å²) in [5, 5.41) is 4.44. The summed E-state index contributed by atoms with van der Waals surface area (Å²) < 4.78 is 2.95. The average molecular weight is 313 g/mol. The van der Waals surface area contributed by atoms with E-state index in [2.05, 4.69) is 64.5 Å². The Morgan fingerprint density at radius 2 is 1.89 bits per heavy atom. The minimum Gasteiger partial charge on any atom is -0.240 e. The third-order valence-electron chi connectivity index (χ3n) is 3.11. The molecule has 2 aromatic carbocycles. The molecule has 0 saturated heterocycles. The zero-order valence-electron chi connectivity index (χ0n) is 10.5. The van der Waals surface area contributed by atoms with Crippen molar-refractivity contribution in [3.05, 3.63) is 71.0 Å². The SMILES string of the molecule is Cc1ccccc1-c1cnn(-c2cccc(Br)c2)c1. The molecule has 0 amide bonds. The molecule has 1 heterocycles. The summed E-state index contributed by atoms with van der Waals surface area (Å²) in [6.07, 6.45) is 3.97. The molecule has 2 nitrogen and oxygen atoms in total. The standard InChI is InChI=1S/C16H13BrN2/c1-12-5-2-3-8-16(12)13-10-18-19(11-13)15-7-4-6-14(17)9-15/h2-11H,1H3. The van der Waals surface area contributed by atoms with Gasteiger partial charge in [-0.1, -0.05) is 46.3 Å². The molecule has 0 saturated carbocycles. The van der Waals surface area contributed by atoms with Crippen molar-refractivity contribution in [3.8, 4) is 16.8 Å². The number of rotatable bonds is 2. The highest BCUT2D eigenvalue weighted by Gasteiger charge is 2.05. The molecule has 0 unspecified atom stereocenters. The zero-order valence-corrected chi connectivity index (χ0v) is 12.1. The second kappa shape index (κ2) is 5.02. The van der Waals surface area contributed by atoms with Crippen molar-refractivity contribution in [1.29, 1.82) is 0 Å². The molecule has 0 atom stereocenters. The van der Waals surface area contributed by atoms with Crippen molar-refractivity contribution in [2.75, 3.05) is 0 Å². The van der Waals surface area contributed by atoms with Crippen LogP contribution in [0.25, 0.3) is 16.8 Å². The second-order valence-electron chi connectivity index (χ2n) is 4.47. The molecule has 3 aromatic rings. The van der Waals surface area contributed by atoms with E-state index in [0.717, 1.165) is 15.7 Å². The molecule has 0 aliphatic carbocycles. The van der Waals surface area contributed by atoms with Crippen molar-refractivity contribution >= 4 is 15.9 Å². The lowest BCUT2D eigenvalue weighted by Crippen LogP contribution is -1.93. The number of nitrogens with zero attached hydrogens (tertiary/aromatic N) is 2. The number of benzene rings is 2. The van der Waals surface area contributed by atoms with Gasteiger partial charge in [0, 0.05) is 16.2 Å². The summed E-state index contributed by atoms with van der Waals surface area (Å²) in [6.45, 7) is 2.12. The van der Waals surface area contributed by atoms with E-state index in [1.54, 1.807) is 0 Å². The van der Waals surface area contributed by atoms with Gasteiger partial charge in [-0.25, -0.2) is 4.68 Å². The average Bonchev–Trinajstić information content (AvgIpc) is 2.89. The summed E-state index contributed by atoms with van der Waals surface area (Å²) in [7, 11) is 0. The van der Waals surface area contributed by atoms with Gasteiger partial charge in [-0.2, -0.15) is 5.10 Å². The summed E-state index contributed by atoms with van der Waals surface area (Å²) in [4.78, 5) is 0. The number of halogens is 1. The molecule has 0 N–H and O–H groups in total. The Morgan fingerprint density at radius 3 is 2.68 bits per heavy atom. The number of aryl methyl sites for hydroxylation is 1. The Labute approximate surface area is 120 Å². The van der Waals surface area contributed by atoms with Gasteiger partial charge in [0.1, 0.15) is 0 Å². The predicted molar refractivity (Wildman–Crippen MR) is 81.4 cm³/mol. The predicted octanol–water partition coefficient (Wildman–Crippen LogP) is 4.61. The van der Waals surface area contributed by atoms with Gasteiger partial charge in [0.15, 0.2) is 0 Å². The van der Waals surface area contributed by atoms with Crippen molar-refractivity contribution in [2.45, 2.75) is 6.92 Å². The summed E-state index contributed by atoms with van der Waals surface area (Å²) in [6, 6.07) is 16.5. The van der Waals surface area contributed by atoms with Crippen LogP contribution in [0.4, 0.5) is 0 Å². The fourth-order valence-corrected chi connectivity index (χ4v) is 2.51. The van der Waals surface area contributed by atoms with Crippen molar-refractivity contribution in [1.82, 2.24) is 9.78 Å². The van der Waals surface area contributed by atoms with Crippen LogP contribution in [0.1, 0.15) is 5.56 Å². The summed E-state index contributed by atoms with van der Waals surface area (Å²) >= 11 is 3.48. The van der Waals surface area contributed by atoms with Crippen LogP contribution < -0.4 is 0 Å². The van der Waals surface area contributed by atoms with Gasteiger partial charge >= 0.3 is 0 Å². The molecular weight excluding hydrogens is 300 g/mol. The Morgan fingerprint density at radius 1 is 1.05 bits per heavy atom. The van der Waals surface area contributed by atoms with E-state index < -0.39 is 0 Å². The summed E-state index contributed by atoms with van der Waals surface area (Å²) in [5.74, 6) is 0. The van der Waals surface area contributed by atoms with E-state index >= 15 is 0 Å². The Bertz CT molecular complexity index is 716. The van der Waals surface area contributed by atoms with E-state index in [9.17, 15) is 0 Å². The van der Waals surface area contributed by atoms with Crippen LogP contribution in [0, 0.1) is 6.92 Å². The largest absolute Gasteiger partial charge is 0.240 e. The van der Waals surface area contributed by atoms with Gasteiger partial charge in [0.05, 0.1) is 11.9 Å². The summed E-state index contributed by atoms with van der Waals surface area (Å²) in [5.41, 5.74) is 4.67. The van der Waals surface area contributed by atoms with Gasteiger partial charge < -0.3 is 0 Å². The van der Waals surface area contributed by atoms with Crippen LogP contribution in [-0.4, -0.2) is 9.78 Å². The highest BCUT2D eigenvalue weighted by molar-refractivity contribution is 9.10. The quantitative estimate of drug-likeness (QED) is 0.675. The fraction of sp³-hybridized carbons (Fsp3) is 0.0625. The molecule has 0 bridgehead atoms. The fourth-order valence-electron chi connectivity index (χ4n) is 2.12. The minimum absolute atomic E-state index is 1.05. The van der Waals surface area contributed by atoms with Crippen LogP contribution in [0.3, 0.4) is 0 Å². The molecule has 3 rings (SSSR count). The van der Waals surface area contributed by atoms with Crippen molar-refractivity contribution < 1.29 is 0 Å². The number of aromatic nitrogens is 2. The Kier molecular flexibility index (Phi) is 3.22. The normalized spacial score (nSPS) is 10.6. The first-order chi connectivity index (χ1) is 9.24. The first-order valence-electron chi connectivity index (χ1n) is 6.11. The van der Waals surface area contributed by atoms with Crippen LogP contribution >= 0.6 is 15.9 Å². The van der Waals surface area contributed by atoms with Crippen LogP contribution in [0.15, 0.2) is 65.4 Å². The molecule has 3 heteroatoms. The third kappa shape index (κ3) is 2.47. The molecule has 0 radical (unpaired) electrons. The van der Waals surface area contributed by atoms with Gasteiger partial charge in [-0.3, -0.25) is 0 Å². The Balaban J connectivity index is 2.03. The van der Waals surface area contributed by atoms with E-state index in [0.29, 0.717) is 0 Å². The zero-order chi connectivity index (χ0) is 13.2. The number of hydrogen-bond donors (Lipinski definition) is 0. The third-order valence-corrected chi connectivity index (χ3v) is 3.60. The minimum atomic E-state index is 1.05. The lowest BCUT2D eigenvalue weighted by atomic mass is 10.0. The molecular formula is C16H13BrN2. The van der Waals surface area contributed by atoms with E-state index in [4.69, 9.17) is 0 Å². The van der Waals surface area contributed by atoms with E-state index in [1.165, 1.54) is 11.1 Å². The maximum Gasteiger partial charge on any atom is 0.0657 e. The molecule has 19 heavy (non-hydrogen) atoms. The molecule has 0 spiro atoms. The Hall–Kier alpha value is -1.87. The smallest absolute Gasteiger partial charge is 0.0657 e. The van der Waals surface area contributed by atoms with Gasteiger partial charge in [-0.15, -0.1) is 0 Å². The van der Waals surface area contributed by atoms with Crippen LogP contribution in [0.2, 0.25) is 0 Å². The van der Waals surface area contributed by atoms with E-state index in [1.807, 2.05) is 29.1 Å². The monoisotopic (exact) mass is 312 g/mol. The molecule has 94 valence electrons. The highest BCUT2D eigenvalue weighted by Crippen LogP contribution is 2.24. The number of hydrogen-bond acceptors (Lipinski definition) is 1. The second-order valence-corrected chi connectivity index (χ2v) is 5.38. The molecule has 1 aromatic heterocycles. The lowest BCUT2D eigenvalue weighted by Gasteiger charge is -2.02. The lowest BCUT2D eigenvalue weighted by molar-refractivity contribution is 0.880. The maximum absolute atomic E-state index is 4.44. The topological polar surface area (TPSA) is 17.8 Å². The highest BCUT2D eigenvalue weighted by atomic mass is 79.9. The first-order valence-corrected chi connectivity index (χ1v) is 6.90. The van der Waals surface area contributed by atoms with Crippen LogP contribution in [0.5, 0.6) is 0 Å². The van der Waals surface area contributed by atoms with Gasteiger partial charge in [-0.05, 0) is 36.2 Å². The molecule has 0 fully saturated rings. The van der Waals surface area contributed by atoms with E-state index in [-0.39, 0.29) is 0 Å². The maximum atomic E-state index is 4.44. The molecule has 0 aliphatic heterocycles. The van der Waals surface area contributed by atoms with Gasteiger partial charge in [0.2, 0.25) is 0 Å². The van der Waals surface area contributed by atoms with Gasteiger partial charge in [0.25, 0.3) is 0 Å². The van der Waals surface area contributed by atoms with Crippen LogP contribution in [-0.2, 0) is 0 Å². The van der Waals surface area contributed by atoms with Crippen molar-refractivity contribution in [3.63, 3.8) is 0 Å². The van der Waals surface area contributed by atoms with Crippen molar-refractivity contribution in [2.24, 2.45) is 0 Å². The first kappa shape index (κ1) is 12.2. The molecule has 0 aliphatic rings.